The molecule has 0 fully saturated rings. The van der Waals surface area contributed by atoms with Crippen LogP contribution < -0.4 is 15.8 Å². The number of amides is 2. The van der Waals surface area contributed by atoms with Crippen molar-refractivity contribution in [3.8, 4) is 5.75 Å². The average Bonchev–Trinajstić information content (AvgIpc) is 2.61. The van der Waals surface area contributed by atoms with Crippen molar-refractivity contribution in [3.63, 3.8) is 0 Å². The summed E-state index contributed by atoms with van der Waals surface area (Å²) in [5.41, 5.74) is 7.06. The van der Waals surface area contributed by atoms with E-state index in [9.17, 15) is 14.4 Å². The topological polar surface area (TPSA) is 108 Å². The van der Waals surface area contributed by atoms with E-state index in [0.717, 1.165) is 5.56 Å². The molecular weight excluding hydrogens is 336 g/mol. The third-order valence-corrected chi connectivity index (χ3v) is 3.66. The van der Waals surface area contributed by atoms with Crippen LogP contribution in [0, 0.1) is 6.92 Å². The highest BCUT2D eigenvalue weighted by Crippen LogP contribution is 2.21. The van der Waals surface area contributed by atoms with Gasteiger partial charge in [0.25, 0.3) is 5.91 Å². The number of primary amides is 1. The van der Waals surface area contributed by atoms with Gasteiger partial charge in [0.1, 0.15) is 11.3 Å². The molecule has 136 valence electrons. The molecular formula is C19H20N2O5. The van der Waals surface area contributed by atoms with Crippen LogP contribution in [0.25, 0.3) is 0 Å². The van der Waals surface area contributed by atoms with Gasteiger partial charge >= 0.3 is 5.97 Å². The van der Waals surface area contributed by atoms with Crippen molar-refractivity contribution in [2.24, 2.45) is 5.73 Å². The van der Waals surface area contributed by atoms with Crippen LogP contribution in [0.1, 0.15) is 33.2 Å². The molecule has 0 aliphatic heterocycles. The van der Waals surface area contributed by atoms with Crippen molar-refractivity contribution >= 4 is 23.5 Å². The smallest absolute Gasteiger partial charge is 0.342 e. The Labute approximate surface area is 151 Å². The summed E-state index contributed by atoms with van der Waals surface area (Å²) >= 11 is 0. The first-order valence-corrected chi connectivity index (χ1v) is 7.88. The van der Waals surface area contributed by atoms with Gasteiger partial charge in [0.05, 0.1) is 7.11 Å². The van der Waals surface area contributed by atoms with E-state index in [4.69, 9.17) is 15.2 Å². The van der Waals surface area contributed by atoms with E-state index >= 15 is 0 Å². The summed E-state index contributed by atoms with van der Waals surface area (Å²) < 4.78 is 10.4. The van der Waals surface area contributed by atoms with Gasteiger partial charge in [-0.3, -0.25) is 9.59 Å². The fourth-order valence-corrected chi connectivity index (χ4v) is 2.22. The molecule has 0 heterocycles. The lowest BCUT2D eigenvalue weighted by atomic mass is 10.1. The van der Waals surface area contributed by atoms with E-state index in [1.165, 1.54) is 38.3 Å². The number of carbonyl (C=O) groups is 3. The largest absolute Gasteiger partial charge is 0.496 e. The summed E-state index contributed by atoms with van der Waals surface area (Å²) in [5, 5.41) is 2.61. The molecule has 2 amide bonds. The first kappa shape index (κ1) is 19.0. The van der Waals surface area contributed by atoms with Crippen LogP contribution in [0.4, 0.5) is 5.69 Å². The molecule has 0 aromatic heterocycles. The number of anilines is 1. The molecule has 2 rings (SSSR count). The third-order valence-electron chi connectivity index (χ3n) is 3.66. The summed E-state index contributed by atoms with van der Waals surface area (Å²) in [4.78, 5) is 35.6. The number of methoxy groups -OCH3 is 1. The van der Waals surface area contributed by atoms with Gasteiger partial charge in [-0.1, -0.05) is 11.6 Å². The number of nitrogens with one attached hydrogen (secondary N) is 1. The molecule has 1 atom stereocenters. The second-order valence-electron chi connectivity index (χ2n) is 5.68. The second kappa shape index (κ2) is 8.15. The number of hydrogen-bond acceptors (Lipinski definition) is 5. The fraction of sp³-hybridized carbons (Fsp3) is 0.211. The van der Waals surface area contributed by atoms with E-state index < -0.39 is 23.9 Å². The number of hydrogen-bond donors (Lipinski definition) is 2. The minimum Gasteiger partial charge on any atom is -0.496 e. The Hall–Kier alpha value is -3.35. The van der Waals surface area contributed by atoms with Gasteiger partial charge in [-0.15, -0.1) is 0 Å². The minimum absolute atomic E-state index is 0.248. The summed E-state index contributed by atoms with van der Waals surface area (Å²) in [6, 6.07) is 11.2. The quantitative estimate of drug-likeness (QED) is 0.772. The van der Waals surface area contributed by atoms with Crippen molar-refractivity contribution in [2.75, 3.05) is 12.4 Å². The third kappa shape index (κ3) is 4.60. The maximum absolute atomic E-state index is 12.3. The lowest BCUT2D eigenvalue weighted by Gasteiger charge is -2.15. The van der Waals surface area contributed by atoms with Crippen molar-refractivity contribution in [1.82, 2.24) is 0 Å². The lowest BCUT2D eigenvalue weighted by Crippen LogP contribution is -2.30. The van der Waals surface area contributed by atoms with Crippen molar-refractivity contribution in [2.45, 2.75) is 20.0 Å². The van der Waals surface area contributed by atoms with Crippen LogP contribution in [0.3, 0.4) is 0 Å². The van der Waals surface area contributed by atoms with E-state index in [-0.39, 0.29) is 5.56 Å². The van der Waals surface area contributed by atoms with Gasteiger partial charge in [-0.25, -0.2) is 4.79 Å². The number of carbonyl (C=O) groups excluding carboxylic acids is 3. The zero-order valence-corrected chi connectivity index (χ0v) is 14.7. The van der Waals surface area contributed by atoms with Crippen LogP contribution in [0.2, 0.25) is 0 Å². The number of rotatable bonds is 6. The first-order chi connectivity index (χ1) is 12.3. The van der Waals surface area contributed by atoms with E-state index in [1.807, 2.05) is 13.0 Å². The number of aryl methyl sites for hydroxylation is 1. The van der Waals surface area contributed by atoms with Crippen molar-refractivity contribution in [1.29, 1.82) is 0 Å². The van der Waals surface area contributed by atoms with Crippen LogP contribution >= 0.6 is 0 Å². The average molecular weight is 356 g/mol. The summed E-state index contributed by atoms with van der Waals surface area (Å²) in [7, 11) is 1.45. The van der Waals surface area contributed by atoms with Crippen LogP contribution in [0.5, 0.6) is 5.75 Å². The van der Waals surface area contributed by atoms with Crippen molar-refractivity contribution < 1.29 is 23.9 Å². The Morgan fingerprint density at radius 1 is 1.08 bits per heavy atom. The number of benzene rings is 2. The van der Waals surface area contributed by atoms with Crippen LogP contribution in [-0.4, -0.2) is 31.0 Å². The molecule has 0 aliphatic rings. The standard InChI is InChI=1S/C19H20N2O5/c1-11-4-9-16(25-3)15(10-11)19(24)26-12(2)18(23)21-14-7-5-13(6-8-14)17(20)22/h4-10,12H,1-3H3,(H2,20,22)(H,21,23)/t12-/m1/s1. The summed E-state index contributed by atoms with van der Waals surface area (Å²) in [6.45, 7) is 3.30. The molecule has 0 bridgehead atoms. The molecule has 26 heavy (non-hydrogen) atoms. The Morgan fingerprint density at radius 3 is 2.31 bits per heavy atom. The number of ether oxygens (including phenoxy) is 2. The SMILES string of the molecule is COc1ccc(C)cc1C(=O)O[C@H](C)C(=O)Nc1ccc(C(N)=O)cc1. The first-order valence-electron chi connectivity index (χ1n) is 7.88. The Bertz CT molecular complexity index is 830. The molecule has 3 N–H and O–H groups in total. The summed E-state index contributed by atoms with van der Waals surface area (Å²) in [5.74, 6) is -1.35. The second-order valence-corrected chi connectivity index (χ2v) is 5.68. The monoisotopic (exact) mass is 356 g/mol. The maximum atomic E-state index is 12.3. The van der Waals surface area contributed by atoms with Gasteiger partial charge in [-0.2, -0.15) is 0 Å². The lowest BCUT2D eigenvalue weighted by molar-refractivity contribution is -0.123. The predicted octanol–water partition coefficient (Wildman–Crippen LogP) is 2.29. The molecule has 0 saturated heterocycles. The van der Waals surface area contributed by atoms with Gasteiger partial charge in [0, 0.05) is 11.3 Å². The maximum Gasteiger partial charge on any atom is 0.342 e. The predicted molar refractivity (Wildman–Crippen MR) is 96.2 cm³/mol. The van der Waals surface area contributed by atoms with E-state index in [2.05, 4.69) is 5.32 Å². The minimum atomic E-state index is -1.02. The molecule has 0 aliphatic carbocycles. The highest BCUT2D eigenvalue weighted by molar-refractivity contribution is 5.99. The van der Waals surface area contributed by atoms with Gasteiger partial charge in [0.15, 0.2) is 6.10 Å². The van der Waals surface area contributed by atoms with E-state index in [0.29, 0.717) is 17.0 Å². The van der Waals surface area contributed by atoms with E-state index in [1.54, 1.807) is 12.1 Å². The Balaban J connectivity index is 2.03. The molecule has 7 heteroatoms. The highest BCUT2D eigenvalue weighted by atomic mass is 16.5. The Morgan fingerprint density at radius 2 is 1.73 bits per heavy atom. The normalized spacial score (nSPS) is 11.3. The van der Waals surface area contributed by atoms with Gasteiger partial charge in [-0.05, 0) is 50.2 Å². The molecule has 0 unspecified atom stereocenters. The number of nitrogens with two attached hydrogens (primary N) is 1. The highest BCUT2D eigenvalue weighted by Gasteiger charge is 2.21. The number of esters is 1. The molecule has 0 radical (unpaired) electrons. The summed E-state index contributed by atoms with van der Waals surface area (Å²) in [6.07, 6.45) is -1.02. The Kier molecular flexibility index (Phi) is 5.95. The van der Waals surface area contributed by atoms with Gasteiger partial charge in [0.2, 0.25) is 5.91 Å². The van der Waals surface area contributed by atoms with Crippen molar-refractivity contribution in [3.05, 3.63) is 59.2 Å². The van der Waals surface area contributed by atoms with Gasteiger partial charge < -0.3 is 20.5 Å². The fourth-order valence-electron chi connectivity index (χ4n) is 2.22. The molecule has 2 aromatic rings. The molecule has 2 aromatic carbocycles. The molecule has 7 nitrogen and oxygen atoms in total. The molecule has 0 spiro atoms. The zero-order valence-electron chi connectivity index (χ0n) is 14.7. The zero-order chi connectivity index (χ0) is 19.3. The van der Waals surface area contributed by atoms with Crippen LogP contribution in [-0.2, 0) is 9.53 Å². The molecule has 0 saturated carbocycles. The van der Waals surface area contributed by atoms with Crippen LogP contribution in [0.15, 0.2) is 42.5 Å².